The number of carbonyl (C=O) groups is 1. The predicted molar refractivity (Wildman–Crippen MR) is 68.9 cm³/mol. The Labute approximate surface area is 105 Å². The van der Waals surface area contributed by atoms with Gasteiger partial charge in [-0.1, -0.05) is 11.6 Å². The molecule has 1 heterocycles. The summed E-state index contributed by atoms with van der Waals surface area (Å²) in [7, 11) is 1.79. The lowest BCUT2D eigenvalue weighted by Crippen LogP contribution is -2.39. The largest absolute Gasteiger partial charge is 0.342 e. The monoisotopic (exact) mass is 260 g/mol. The second-order valence-corrected chi connectivity index (χ2v) is 5.59. The number of thiophene rings is 1. The first-order valence-corrected chi connectivity index (χ1v) is 6.44. The topological polar surface area (TPSA) is 46.3 Å². The second kappa shape index (κ2) is 6.23. The van der Waals surface area contributed by atoms with Crippen molar-refractivity contribution in [2.24, 2.45) is 5.73 Å². The molecule has 0 radical (unpaired) electrons. The van der Waals surface area contributed by atoms with Crippen LogP contribution in [-0.2, 0) is 11.2 Å². The molecule has 1 unspecified atom stereocenters. The van der Waals surface area contributed by atoms with Crippen molar-refractivity contribution in [1.29, 1.82) is 0 Å². The zero-order valence-electron chi connectivity index (χ0n) is 9.57. The van der Waals surface area contributed by atoms with E-state index in [-0.39, 0.29) is 11.9 Å². The van der Waals surface area contributed by atoms with Crippen LogP contribution in [0.5, 0.6) is 0 Å². The van der Waals surface area contributed by atoms with E-state index in [1.807, 2.05) is 19.1 Å². The summed E-state index contributed by atoms with van der Waals surface area (Å²) in [6.07, 6.45) is 1.26. The molecule has 1 aromatic heterocycles. The molecule has 16 heavy (non-hydrogen) atoms. The first kappa shape index (κ1) is 13.5. The molecule has 1 atom stereocenters. The quantitative estimate of drug-likeness (QED) is 0.882. The molecule has 3 nitrogen and oxygen atoms in total. The molecule has 0 saturated carbocycles. The van der Waals surface area contributed by atoms with E-state index in [0.29, 0.717) is 13.0 Å². The Hall–Kier alpha value is -0.580. The van der Waals surface area contributed by atoms with Gasteiger partial charge in [0.2, 0.25) is 5.91 Å². The number of aryl methyl sites for hydroxylation is 1. The van der Waals surface area contributed by atoms with Crippen molar-refractivity contribution >= 4 is 28.8 Å². The van der Waals surface area contributed by atoms with Crippen molar-refractivity contribution in [3.05, 3.63) is 21.3 Å². The highest BCUT2D eigenvalue weighted by molar-refractivity contribution is 7.16. The molecule has 5 heteroatoms. The van der Waals surface area contributed by atoms with Gasteiger partial charge in [-0.05, 0) is 25.5 Å². The molecule has 2 N–H and O–H groups in total. The Morgan fingerprint density at radius 1 is 1.62 bits per heavy atom. The van der Waals surface area contributed by atoms with Gasteiger partial charge in [-0.3, -0.25) is 4.79 Å². The van der Waals surface area contributed by atoms with Crippen LogP contribution in [0.4, 0.5) is 0 Å². The molecular weight excluding hydrogens is 244 g/mol. The maximum atomic E-state index is 11.8. The van der Waals surface area contributed by atoms with E-state index >= 15 is 0 Å². The fourth-order valence-electron chi connectivity index (χ4n) is 1.30. The maximum absolute atomic E-state index is 11.8. The minimum absolute atomic E-state index is 0.0967. The van der Waals surface area contributed by atoms with E-state index in [1.165, 1.54) is 11.3 Å². The van der Waals surface area contributed by atoms with E-state index in [9.17, 15) is 4.79 Å². The molecule has 0 spiro atoms. The lowest BCUT2D eigenvalue weighted by atomic mass is 10.2. The van der Waals surface area contributed by atoms with Gasteiger partial charge in [0, 0.05) is 30.9 Å². The normalized spacial score (nSPS) is 12.5. The van der Waals surface area contributed by atoms with E-state index in [0.717, 1.165) is 15.6 Å². The van der Waals surface area contributed by atoms with Crippen LogP contribution < -0.4 is 5.73 Å². The van der Waals surface area contributed by atoms with Crippen molar-refractivity contribution in [2.75, 3.05) is 13.6 Å². The number of amides is 1. The van der Waals surface area contributed by atoms with E-state index in [2.05, 4.69) is 0 Å². The minimum atomic E-state index is 0.0967. The van der Waals surface area contributed by atoms with Gasteiger partial charge in [-0.2, -0.15) is 0 Å². The second-order valence-electron chi connectivity index (χ2n) is 3.80. The summed E-state index contributed by atoms with van der Waals surface area (Å²) in [5.41, 5.74) is 5.51. The number of halogens is 1. The van der Waals surface area contributed by atoms with Crippen LogP contribution in [0, 0.1) is 0 Å². The molecule has 1 rings (SSSR count). The fourth-order valence-corrected chi connectivity index (χ4v) is 2.38. The van der Waals surface area contributed by atoms with Gasteiger partial charge in [-0.15, -0.1) is 11.3 Å². The van der Waals surface area contributed by atoms with Gasteiger partial charge < -0.3 is 10.6 Å². The highest BCUT2D eigenvalue weighted by atomic mass is 35.5. The van der Waals surface area contributed by atoms with Gasteiger partial charge >= 0.3 is 0 Å². The molecule has 0 bridgehead atoms. The summed E-state index contributed by atoms with van der Waals surface area (Å²) in [5, 5.41) is 0. The van der Waals surface area contributed by atoms with E-state index in [4.69, 9.17) is 17.3 Å². The number of hydrogen-bond donors (Lipinski definition) is 1. The zero-order valence-corrected chi connectivity index (χ0v) is 11.1. The van der Waals surface area contributed by atoms with E-state index in [1.54, 1.807) is 11.9 Å². The minimum Gasteiger partial charge on any atom is -0.342 e. The number of likely N-dealkylation sites (N-methyl/N-ethyl adjacent to an activating group) is 1. The predicted octanol–water partition coefficient (Wildman–Crippen LogP) is 2.14. The molecule has 1 aromatic rings. The average molecular weight is 261 g/mol. The van der Waals surface area contributed by atoms with Crippen LogP contribution in [0.2, 0.25) is 4.34 Å². The number of nitrogens with two attached hydrogens (primary N) is 1. The lowest BCUT2D eigenvalue weighted by molar-refractivity contribution is -0.131. The average Bonchev–Trinajstić information content (AvgIpc) is 2.69. The zero-order chi connectivity index (χ0) is 12.1. The summed E-state index contributed by atoms with van der Waals surface area (Å²) in [6, 6.07) is 3.92. The van der Waals surface area contributed by atoms with Gasteiger partial charge in [0.1, 0.15) is 0 Å². The molecule has 0 aromatic carbocycles. The van der Waals surface area contributed by atoms with Crippen LogP contribution in [0.25, 0.3) is 0 Å². The molecule has 0 saturated heterocycles. The van der Waals surface area contributed by atoms with Crippen LogP contribution in [0.15, 0.2) is 12.1 Å². The fraction of sp³-hybridized carbons (Fsp3) is 0.545. The Bertz CT molecular complexity index is 354. The summed E-state index contributed by atoms with van der Waals surface area (Å²) in [4.78, 5) is 14.6. The number of rotatable bonds is 5. The summed E-state index contributed by atoms with van der Waals surface area (Å²) in [6.45, 7) is 2.44. The SMILES string of the molecule is CC(CN)N(C)C(=O)CCc1ccc(Cl)s1. The van der Waals surface area contributed by atoms with Crippen molar-refractivity contribution in [2.45, 2.75) is 25.8 Å². The van der Waals surface area contributed by atoms with Crippen LogP contribution >= 0.6 is 22.9 Å². The standard InChI is InChI=1S/C11H17ClN2OS/c1-8(7-13)14(2)11(15)6-4-9-3-5-10(12)16-9/h3,5,8H,4,6-7,13H2,1-2H3. The summed E-state index contributed by atoms with van der Waals surface area (Å²) in [5.74, 6) is 0.127. The number of hydrogen-bond acceptors (Lipinski definition) is 3. The molecular formula is C11H17ClN2OS. The molecule has 1 amide bonds. The Kier molecular flexibility index (Phi) is 5.25. The van der Waals surface area contributed by atoms with Gasteiger partial charge in [0.05, 0.1) is 4.34 Å². The first-order chi connectivity index (χ1) is 7.54. The lowest BCUT2D eigenvalue weighted by Gasteiger charge is -2.23. The number of nitrogens with zero attached hydrogens (tertiary/aromatic N) is 1. The molecule has 0 aliphatic rings. The third kappa shape index (κ3) is 3.77. The van der Waals surface area contributed by atoms with Crippen molar-refractivity contribution < 1.29 is 4.79 Å². The third-order valence-corrected chi connectivity index (χ3v) is 3.90. The maximum Gasteiger partial charge on any atom is 0.222 e. The van der Waals surface area contributed by atoms with Gasteiger partial charge in [0.15, 0.2) is 0 Å². The van der Waals surface area contributed by atoms with Gasteiger partial charge in [-0.25, -0.2) is 0 Å². The van der Waals surface area contributed by atoms with Crippen LogP contribution in [0.1, 0.15) is 18.2 Å². The van der Waals surface area contributed by atoms with E-state index < -0.39 is 0 Å². The first-order valence-electron chi connectivity index (χ1n) is 5.24. The van der Waals surface area contributed by atoms with Crippen LogP contribution in [-0.4, -0.2) is 30.4 Å². The van der Waals surface area contributed by atoms with Crippen molar-refractivity contribution in [3.63, 3.8) is 0 Å². The molecule has 90 valence electrons. The Morgan fingerprint density at radius 3 is 2.81 bits per heavy atom. The van der Waals surface area contributed by atoms with Crippen molar-refractivity contribution in [1.82, 2.24) is 4.90 Å². The molecule has 0 fully saturated rings. The molecule has 0 aliphatic carbocycles. The molecule has 0 aliphatic heterocycles. The Morgan fingerprint density at radius 2 is 2.31 bits per heavy atom. The summed E-state index contributed by atoms with van der Waals surface area (Å²) < 4.78 is 0.770. The highest BCUT2D eigenvalue weighted by Gasteiger charge is 2.14. The highest BCUT2D eigenvalue weighted by Crippen LogP contribution is 2.22. The number of carbonyl (C=O) groups excluding carboxylic acids is 1. The third-order valence-electron chi connectivity index (χ3n) is 2.61. The smallest absolute Gasteiger partial charge is 0.222 e. The Balaban J connectivity index is 2.40. The van der Waals surface area contributed by atoms with Crippen molar-refractivity contribution in [3.8, 4) is 0 Å². The van der Waals surface area contributed by atoms with Crippen LogP contribution in [0.3, 0.4) is 0 Å². The summed E-state index contributed by atoms with van der Waals surface area (Å²) >= 11 is 7.34. The van der Waals surface area contributed by atoms with Gasteiger partial charge in [0.25, 0.3) is 0 Å².